The van der Waals surface area contributed by atoms with Gasteiger partial charge in [-0.05, 0) is 83.2 Å². The lowest BCUT2D eigenvalue weighted by Gasteiger charge is -2.18. The van der Waals surface area contributed by atoms with E-state index >= 15 is 0 Å². The standard InChI is InChI=1S/C46H29N/c1-2-11-33-27-34(22-19-29(33)9-1)30-17-20-32(21-18-30)44-38-13-5-7-15-40(38)45(41-16-8-6-14-39(41)44)35-24-25-37-42-26-23-31-10-3-4-12-36(31)46(42)47-43(37)28-35/h1-28,47H. The molecule has 0 atom stereocenters. The maximum absolute atomic E-state index is 3.79. The van der Waals surface area contributed by atoms with Crippen molar-refractivity contribution in [3.05, 3.63) is 170 Å². The average molecular weight is 596 g/mol. The number of hydrogen-bond acceptors (Lipinski definition) is 0. The second-order valence-electron chi connectivity index (χ2n) is 12.6. The van der Waals surface area contributed by atoms with E-state index in [-0.39, 0.29) is 0 Å². The zero-order valence-electron chi connectivity index (χ0n) is 25.7. The summed E-state index contributed by atoms with van der Waals surface area (Å²) < 4.78 is 0. The van der Waals surface area contributed by atoms with Crippen molar-refractivity contribution in [1.29, 1.82) is 0 Å². The van der Waals surface area contributed by atoms with Gasteiger partial charge in [-0.2, -0.15) is 0 Å². The van der Waals surface area contributed by atoms with E-state index in [1.807, 2.05) is 0 Å². The van der Waals surface area contributed by atoms with E-state index in [4.69, 9.17) is 0 Å². The summed E-state index contributed by atoms with van der Waals surface area (Å²) in [6.07, 6.45) is 0. The Kier molecular flexibility index (Phi) is 5.64. The second kappa shape index (κ2) is 10.2. The number of benzene rings is 9. The molecule has 9 aromatic carbocycles. The van der Waals surface area contributed by atoms with Crippen LogP contribution in [-0.4, -0.2) is 4.98 Å². The van der Waals surface area contributed by atoms with Gasteiger partial charge in [-0.25, -0.2) is 0 Å². The molecule has 1 heterocycles. The summed E-state index contributed by atoms with van der Waals surface area (Å²) in [7, 11) is 0. The highest BCUT2D eigenvalue weighted by Crippen LogP contribution is 2.45. The van der Waals surface area contributed by atoms with Crippen LogP contribution in [0.2, 0.25) is 0 Å². The van der Waals surface area contributed by atoms with E-state index in [0.29, 0.717) is 0 Å². The van der Waals surface area contributed by atoms with Gasteiger partial charge in [0.2, 0.25) is 0 Å². The van der Waals surface area contributed by atoms with Gasteiger partial charge in [0.25, 0.3) is 0 Å². The van der Waals surface area contributed by atoms with Crippen molar-refractivity contribution in [3.8, 4) is 33.4 Å². The van der Waals surface area contributed by atoms with Crippen LogP contribution in [0.15, 0.2) is 170 Å². The van der Waals surface area contributed by atoms with Crippen LogP contribution < -0.4 is 0 Å². The number of fused-ring (bicyclic) bond motifs is 8. The van der Waals surface area contributed by atoms with Crippen LogP contribution in [0.4, 0.5) is 0 Å². The number of H-pyrrole nitrogens is 1. The van der Waals surface area contributed by atoms with Crippen LogP contribution in [0, 0.1) is 0 Å². The summed E-state index contributed by atoms with van der Waals surface area (Å²) in [6, 6.07) is 62.2. The van der Waals surface area contributed by atoms with Crippen LogP contribution >= 0.6 is 0 Å². The first kappa shape index (κ1) is 26.1. The Morgan fingerprint density at radius 1 is 0.277 bits per heavy atom. The van der Waals surface area contributed by atoms with Gasteiger partial charge < -0.3 is 4.98 Å². The Hall–Kier alpha value is -6.18. The molecule has 47 heavy (non-hydrogen) atoms. The number of nitrogens with one attached hydrogen (secondary N) is 1. The van der Waals surface area contributed by atoms with Gasteiger partial charge in [0.1, 0.15) is 0 Å². The summed E-state index contributed by atoms with van der Waals surface area (Å²) in [5.74, 6) is 0. The first-order valence-corrected chi connectivity index (χ1v) is 16.3. The molecular weight excluding hydrogens is 567 g/mol. The van der Waals surface area contributed by atoms with Crippen LogP contribution in [0.1, 0.15) is 0 Å². The molecule has 1 N–H and O–H groups in total. The second-order valence-corrected chi connectivity index (χ2v) is 12.6. The minimum Gasteiger partial charge on any atom is -0.354 e. The largest absolute Gasteiger partial charge is 0.354 e. The van der Waals surface area contributed by atoms with Gasteiger partial charge in [0.05, 0.1) is 5.52 Å². The molecule has 0 aliphatic carbocycles. The molecule has 0 saturated heterocycles. The molecule has 0 aliphatic rings. The fourth-order valence-corrected chi connectivity index (χ4v) is 7.75. The number of aromatic nitrogens is 1. The quantitative estimate of drug-likeness (QED) is 0.196. The third kappa shape index (κ3) is 4.03. The number of rotatable bonds is 3. The van der Waals surface area contributed by atoms with Gasteiger partial charge in [0, 0.05) is 21.7 Å². The molecular formula is C46H29N. The van der Waals surface area contributed by atoms with Crippen molar-refractivity contribution in [1.82, 2.24) is 4.98 Å². The van der Waals surface area contributed by atoms with E-state index in [0.717, 1.165) is 5.52 Å². The highest BCUT2D eigenvalue weighted by molar-refractivity contribution is 6.23. The fraction of sp³-hybridized carbons (Fsp3) is 0. The van der Waals surface area contributed by atoms with Crippen molar-refractivity contribution in [3.63, 3.8) is 0 Å². The minimum absolute atomic E-state index is 1.16. The summed E-state index contributed by atoms with van der Waals surface area (Å²) in [5, 5.41) is 12.6. The molecule has 10 rings (SSSR count). The van der Waals surface area contributed by atoms with Crippen molar-refractivity contribution >= 4 is 64.9 Å². The van der Waals surface area contributed by atoms with Gasteiger partial charge in [0.15, 0.2) is 0 Å². The fourth-order valence-electron chi connectivity index (χ4n) is 7.75. The summed E-state index contributed by atoms with van der Waals surface area (Å²) in [4.78, 5) is 3.79. The van der Waals surface area contributed by atoms with Gasteiger partial charge in [-0.3, -0.25) is 0 Å². The molecule has 218 valence electrons. The highest BCUT2D eigenvalue weighted by atomic mass is 14.7. The third-order valence-electron chi connectivity index (χ3n) is 9.97. The molecule has 0 saturated carbocycles. The lowest BCUT2D eigenvalue weighted by atomic mass is 9.85. The van der Waals surface area contributed by atoms with Crippen LogP contribution in [0.25, 0.3) is 98.3 Å². The van der Waals surface area contributed by atoms with Gasteiger partial charge in [-0.1, -0.05) is 158 Å². The molecule has 0 bridgehead atoms. The molecule has 10 aromatic rings. The molecule has 0 aliphatic heterocycles. The maximum Gasteiger partial charge on any atom is 0.0544 e. The summed E-state index contributed by atoms with van der Waals surface area (Å²) >= 11 is 0. The molecule has 0 unspecified atom stereocenters. The van der Waals surface area contributed by atoms with E-state index in [1.165, 1.54) is 92.8 Å². The SMILES string of the molecule is c1ccc2cc(-c3ccc(-c4c5ccccc5c(-c5ccc6c(c5)[nH]c5c7ccccc7ccc65)c5ccccc45)cc3)ccc2c1. The maximum atomic E-state index is 3.79. The molecule has 0 amide bonds. The Balaban J connectivity index is 1.16. The van der Waals surface area contributed by atoms with Crippen LogP contribution in [0.5, 0.6) is 0 Å². The van der Waals surface area contributed by atoms with Crippen molar-refractivity contribution in [2.75, 3.05) is 0 Å². The first-order chi connectivity index (χ1) is 23.3. The van der Waals surface area contributed by atoms with Gasteiger partial charge >= 0.3 is 0 Å². The van der Waals surface area contributed by atoms with Crippen molar-refractivity contribution < 1.29 is 0 Å². The predicted octanol–water partition coefficient (Wildman–Crippen LogP) is 12.9. The molecule has 1 nitrogen and oxygen atoms in total. The van der Waals surface area contributed by atoms with E-state index in [2.05, 4.69) is 175 Å². The summed E-state index contributed by atoms with van der Waals surface area (Å²) in [6.45, 7) is 0. The Morgan fingerprint density at radius 2 is 0.766 bits per heavy atom. The number of aromatic amines is 1. The topological polar surface area (TPSA) is 15.8 Å². The summed E-state index contributed by atoms with van der Waals surface area (Å²) in [5.41, 5.74) is 9.83. The highest BCUT2D eigenvalue weighted by Gasteiger charge is 2.18. The van der Waals surface area contributed by atoms with Crippen LogP contribution in [-0.2, 0) is 0 Å². The third-order valence-corrected chi connectivity index (χ3v) is 9.97. The zero-order valence-corrected chi connectivity index (χ0v) is 25.7. The Bertz CT molecular complexity index is 2780. The Morgan fingerprint density at radius 3 is 1.47 bits per heavy atom. The molecule has 0 fully saturated rings. The van der Waals surface area contributed by atoms with E-state index in [1.54, 1.807) is 0 Å². The molecule has 1 heteroatoms. The smallest absolute Gasteiger partial charge is 0.0544 e. The zero-order chi connectivity index (χ0) is 30.9. The molecule has 0 spiro atoms. The van der Waals surface area contributed by atoms with Crippen LogP contribution in [0.3, 0.4) is 0 Å². The average Bonchev–Trinajstić information content (AvgIpc) is 3.52. The van der Waals surface area contributed by atoms with Gasteiger partial charge in [-0.15, -0.1) is 0 Å². The van der Waals surface area contributed by atoms with E-state index < -0.39 is 0 Å². The number of hydrogen-bond donors (Lipinski definition) is 1. The van der Waals surface area contributed by atoms with Crippen molar-refractivity contribution in [2.45, 2.75) is 0 Å². The predicted molar refractivity (Wildman–Crippen MR) is 202 cm³/mol. The molecule has 1 aromatic heterocycles. The minimum atomic E-state index is 1.16. The van der Waals surface area contributed by atoms with Crippen molar-refractivity contribution in [2.24, 2.45) is 0 Å². The monoisotopic (exact) mass is 595 g/mol. The lowest BCUT2D eigenvalue weighted by Crippen LogP contribution is -1.91. The Labute approximate surface area is 272 Å². The molecule has 0 radical (unpaired) electrons. The normalized spacial score (nSPS) is 11.8. The van der Waals surface area contributed by atoms with E-state index in [9.17, 15) is 0 Å². The lowest BCUT2D eigenvalue weighted by molar-refractivity contribution is 1.56. The first-order valence-electron chi connectivity index (χ1n) is 16.3.